The molecule has 0 bridgehead atoms. The molecule has 0 aliphatic heterocycles. The first-order valence-corrected chi connectivity index (χ1v) is 8.02. The first kappa shape index (κ1) is 16.1. The van der Waals surface area contributed by atoms with E-state index in [4.69, 9.17) is 4.74 Å². The van der Waals surface area contributed by atoms with Gasteiger partial charge in [-0.15, -0.1) is 0 Å². The number of rotatable bonds is 4. The molecule has 1 amide bonds. The van der Waals surface area contributed by atoms with Gasteiger partial charge < -0.3 is 10.1 Å². The van der Waals surface area contributed by atoms with E-state index in [-0.39, 0.29) is 11.8 Å². The van der Waals surface area contributed by atoms with Crippen molar-refractivity contribution in [1.29, 1.82) is 0 Å². The molecule has 0 saturated heterocycles. The van der Waals surface area contributed by atoms with E-state index >= 15 is 0 Å². The van der Waals surface area contributed by atoms with E-state index in [2.05, 4.69) is 11.4 Å². The molecular weight excluding hydrogens is 298 g/mol. The van der Waals surface area contributed by atoms with Crippen molar-refractivity contribution in [3.63, 3.8) is 0 Å². The van der Waals surface area contributed by atoms with Crippen molar-refractivity contribution in [1.82, 2.24) is 0 Å². The molecule has 1 N–H and O–H groups in total. The lowest BCUT2D eigenvalue weighted by Gasteiger charge is -2.15. The lowest BCUT2D eigenvalue weighted by atomic mass is 9.97. The molecular formula is C21H21NO2. The van der Waals surface area contributed by atoms with Crippen LogP contribution in [0, 0.1) is 6.92 Å². The van der Waals surface area contributed by atoms with Crippen molar-refractivity contribution in [3.8, 4) is 5.75 Å². The van der Waals surface area contributed by atoms with Crippen molar-refractivity contribution in [2.75, 3.05) is 12.4 Å². The minimum Gasteiger partial charge on any atom is -0.497 e. The Kier molecular flexibility index (Phi) is 4.52. The molecule has 0 heterocycles. The summed E-state index contributed by atoms with van der Waals surface area (Å²) in [5, 5.41) is 5.22. The van der Waals surface area contributed by atoms with Crippen molar-refractivity contribution < 1.29 is 9.53 Å². The molecule has 3 rings (SSSR count). The Morgan fingerprint density at radius 1 is 1.00 bits per heavy atom. The van der Waals surface area contributed by atoms with Crippen LogP contribution in [0.4, 0.5) is 5.69 Å². The summed E-state index contributed by atoms with van der Waals surface area (Å²) < 4.78 is 5.25. The minimum absolute atomic E-state index is 0.00263. The number of hydrogen-bond donors (Lipinski definition) is 1. The van der Waals surface area contributed by atoms with E-state index in [1.54, 1.807) is 7.11 Å². The number of para-hydroxylation sites is 1. The Bertz CT molecular complexity index is 886. The maximum Gasteiger partial charge on any atom is 0.231 e. The van der Waals surface area contributed by atoms with Crippen LogP contribution in [-0.2, 0) is 4.79 Å². The molecule has 0 spiro atoms. The first-order valence-electron chi connectivity index (χ1n) is 8.02. The maximum absolute atomic E-state index is 12.6. The van der Waals surface area contributed by atoms with E-state index in [1.165, 1.54) is 0 Å². The normalized spacial score (nSPS) is 12.0. The third kappa shape index (κ3) is 3.25. The van der Waals surface area contributed by atoms with Crippen LogP contribution >= 0.6 is 0 Å². The summed E-state index contributed by atoms with van der Waals surface area (Å²) in [4.78, 5) is 12.6. The molecule has 3 heteroatoms. The van der Waals surface area contributed by atoms with Gasteiger partial charge in [0.25, 0.3) is 0 Å². The van der Waals surface area contributed by atoms with Gasteiger partial charge in [0.1, 0.15) is 5.75 Å². The predicted molar refractivity (Wildman–Crippen MR) is 98.7 cm³/mol. The highest BCUT2D eigenvalue weighted by atomic mass is 16.5. The van der Waals surface area contributed by atoms with Crippen LogP contribution < -0.4 is 10.1 Å². The predicted octanol–water partition coefficient (Wildman–Crippen LogP) is 4.90. The van der Waals surface area contributed by atoms with Crippen LogP contribution in [0.5, 0.6) is 5.75 Å². The molecule has 0 aromatic heterocycles. The number of benzene rings is 3. The molecule has 0 aliphatic rings. The molecule has 0 saturated carbocycles. The van der Waals surface area contributed by atoms with E-state index in [1.807, 2.05) is 68.4 Å². The number of aryl methyl sites for hydroxylation is 1. The molecule has 122 valence electrons. The van der Waals surface area contributed by atoms with Gasteiger partial charge in [-0.3, -0.25) is 4.79 Å². The Morgan fingerprint density at radius 2 is 1.71 bits per heavy atom. The standard InChI is InChI=1S/C21H21NO2/c1-14-6-4-5-7-20(14)22-21(23)15(2)16-8-9-18-13-19(24-3)11-10-17(18)12-16/h4-13,15H,1-3H3,(H,22,23)/t15-/m0/s1. The Labute approximate surface area is 142 Å². The molecule has 0 aliphatic carbocycles. The number of carbonyl (C=O) groups excluding carboxylic acids is 1. The average Bonchev–Trinajstić information content (AvgIpc) is 2.62. The largest absolute Gasteiger partial charge is 0.497 e. The van der Waals surface area contributed by atoms with E-state index in [9.17, 15) is 4.79 Å². The summed E-state index contributed by atoms with van der Waals surface area (Å²) in [7, 11) is 1.66. The van der Waals surface area contributed by atoms with Gasteiger partial charge in [-0.1, -0.05) is 42.5 Å². The Balaban J connectivity index is 1.83. The number of hydrogen-bond acceptors (Lipinski definition) is 2. The zero-order valence-electron chi connectivity index (χ0n) is 14.2. The fraction of sp³-hybridized carbons (Fsp3) is 0.190. The highest BCUT2D eigenvalue weighted by molar-refractivity contribution is 5.97. The van der Waals surface area contributed by atoms with Gasteiger partial charge in [0.05, 0.1) is 13.0 Å². The van der Waals surface area contributed by atoms with Gasteiger partial charge in [-0.05, 0) is 53.9 Å². The van der Waals surface area contributed by atoms with Gasteiger partial charge >= 0.3 is 0 Å². The molecule has 3 nitrogen and oxygen atoms in total. The van der Waals surface area contributed by atoms with Crippen LogP contribution in [0.3, 0.4) is 0 Å². The third-order valence-electron chi connectivity index (χ3n) is 4.37. The number of amides is 1. The number of ether oxygens (including phenoxy) is 1. The van der Waals surface area contributed by atoms with Gasteiger partial charge in [-0.2, -0.15) is 0 Å². The topological polar surface area (TPSA) is 38.3 Å². The Hall–Kier alpha value is -2.81. The van der Waals surface area contributed by atoms with Gasteiger partial charge in [-0.25, -0.2) is 0 Å². The van der Waals surface area contributed by atoms with E-state index in [0.717, 1.165) is 33.3 Å². The molecule has 1 atom stereocenters. The van der Waals surface area contributed by atoms with Gasteiger partial charge in [0.15, 0.2) is 0 Å². The molecule has 3 aromatic rings. The first-order chi connectivity index (χ1) is 11.6. The lowest BCUT2D eigenvalue weighted by Crippen LogP contribution is -2.19. The summed E-state index contributed by atoms with van der Waals surface area (Å²) >= 11 is 0. The second-order valence-electron chi connectivity index (χ2n) is 6.00. The van der Waals surface area contributed by atoms with E-state index in [0.29, 0.717) is 0 Å². The smallest absolute Gasteiger partial charge is 0.231 e. The average molecular weight is 319 g/mol. The number of fused-ring (bicyclic) bond motifs is 1. The molecule has 3 aromatic carbocycles. The number of carbonyl (C=O) groups is 1. The monoisotopic (exact) mass is 319 g/mol. The summed E-state index contributed by atoms with van der Waals surface area (Å²) in [5.74, 6) is 0.605. The van der Waals surface area contributed by atoms with Gasteiger partial charge in [0, 0.05) is 5.69 Å². The second kappa shape index (κ2) is 6.75. The van der Waals surface area contributed by atoms with Gasteiger partial charge in [0.2, 0.25) is 5.91 Å². The number of nitrogens with one attached hydrogen (secondary N) is 1. The number of anilines is 1. The maximum atomic E-state index is 12.6. The molecule has 24 heavy (non-hydrogen) atoms. The fourth-order valence-corrected chi connectivity index (χ4v) is 2.74. The Morgan fingerprint density at radius 3 is 2.46 bits per heavy atom. The van der Waals surface area contributed by atoms with Crippen LogP contribution in [0.1, 0.15) is 24.0 Å². The van der Waals surface area contributed by atoms with Crippen LogP contribution in [0.15, 0.2) is 60.7 Å². The second-order valence-corrected chi connectivity index (χ2v) is 6.00. The SMILES string of the molecule is COc1ccc2cc([C@H](C)C(=O)Nc3ccccc3C)ccc2c1. The summed E-state index contributed by atoms with van der Waals surface area (Å²) in [6.07, 6.45) is 0. The van der Waals surface area contributed by atoms with Crippen molar-refractivity contribution in [3.05, 3.63) is 71.8 Å². The summed E-state index contributed by atoms with van der Waals surface area (Å²) in [6.45, 7) is 3.92. The van der Waals surface area contributed by atoms with Crippen molar-refractivity contribution in [2.24, 2.45) is 0 Å². The zero-order chi connectivity index (χ0) is 17.1. The van der Waals surface area contributed by atoms with Crippen molar-refractivity contribution in [2.45, 2.75) is 19.8 Å². The summed E-state index contributed by atoms with van der Waals surface area (Å²) in [5.41, 5.74) is 2.92. The minimum atomic E-state index is -0.226. The quantitative estimate of drug-likeness (QED) is 0.743. The van der Waals surface area contributed by atoms with E-state index < -0.39 is 0 Å². The van der Waals surface area contributed by atoms with Crippen LogP contribution in [0.25, 0.3) is 10.8 Å². The fourth-order valence-electron chi connectivity index (χ4n) is 2.74. The molecule has 0 fully saturated rings. The highest BCUT2D eigenvalue weighted by Gasteiger charge is 2.16. The molecule has 0 unspecified atom stereocenters. The van der Waals surface area contributed by atoms with Crippen molar-refractivity contribution >= 4 is 22.4 Å². The van der Waals surface area contributed by atoms with Crippen LogP contribution in [0.2, 0.25) is 0 Å². The summed E-state index contributed by atoms with van der Waals surface area (Å²) in [6, 6.07) is 19.9. The third-order valence-corrected chi connectivity index (χ3v) is 4.37. The highest BCUT2D eigenvalue weighted by Crippen LogP contribution is 2.26. The zero-order valence-corrected chi connectivity index (χ0v) is 14.2. The lowest BCUT2D eigenvalue weighted by molar-refractivity contribution is -0.117. The van der Waals surface area contributed by atoms with Crippen LogP contribution in [-0.4, -0.2) is 13.0 Å². The molecule has 0 radical (unpaired) electrons. The number of methoxy groups -OCH3 is 1.